The van der Waals surface area contributed by atoms with Crippen molar-refractivity contribution in [1.29, 1.82) is 5.26 Å². The maximum Gasteiger partial charge on any atom is 0.337 e. The normalized spacial score (nSPS) is 10.8. The van der Waals surface area contributed by atoms with Gasteiger partial charge in [-0.15, -0.1) is 0 Å². The van der Waals surface area contributed by atoms with Gasteiger partial charge in [-0.05, 0) is 81.7 Å². The van der Waals surface area contributed by atoms with Crippen LogP contribution in [0.2, 0.25) is 10.0 Å². The zero-order valence-corrected chi connectivity index (χ0v) is 22.2. The average molecular weight is 590 g/mol. The van der Waals surface area contributed by atoms with Gasteiger partial charge in [0.2, 0.25) is 0 Å². The van der Waals surface area contributed by atoms with Crippen LogP contribution in [0.4, 0.5) is 5.69 Å². The summed E-state index contributed by atoms with van der Waals surface area (Å²) in [5, 5.41) is 13.1. The predicted octanol–water partition coefficient (Wildman–Crippen LogP) is 6.68. The van der Waals surface area contributed by atoms with E-state index >= 15 is 0 Å². The third-order valence-electron chi connectivity index (χ3n) is 4.86. The van der Waals surface area contributed by atoms with Gasteiger partial charge in [-0.2, -0.15) is 5.26 Å². The molecule has 0 aromatic heterocycles. The number of hydrogen-bond donors (Lipinski definition) is 1. The number of rotatable bonds is 8. The number of nitrogens with one attached hydrogen (secondary N) is 1. The van der Waals surface area contributed by atoms with Crippen molar-refractivity contribution in [1.82, 2.24) is 0 Å². The molecule has 36 heavy (non-hydrogen) atoms. The molecule has 184 valence electrons. The van der Waals surface area contributed by atoms with E-state index in [1.807, 2.05) is 6.07 Å². The number of ether oxygens (including phenoxy) is 3. The first-order valence-electron chi connectivity index (χ1n) is 10.3. The first-order chi connectivity index (χ1) is 17.2. The van der Waals surface area contributed by atoms with Gasteiger partial charge in [0, 0.05) is 5.69 Å². The molecule has 0 unspecified atom stereocenters. The second kappa shape index (κ2) is 12.5. The van der Waals surface area contributed by atoms with Crippen LogP contribution in [-0.2, 0) is 16.1 Å². The Morgan fingerprint density at radius 3 is 2.39 bits per heavy atom. The van der Waals surface area contributed by atoms with E-state index in [4.69, 9.17) is 32.7 Å². The summed E-state index contributed by atoms with van der Waals surface area (Å²) in [5.74, 6) is -0.270. The molecular weight excluding hydrogens is 571 g/mol. The van der Waals surface area contributed by atoms with Gasteiger partial charge < -0.3 is 19.5 Å². The molecule has 0 aliphatic heterocycles. The Morgan fingerprint density at radius 1 is 1.06 bits per heavy atom. The van der Waals surface area contributed by atoms with E-state index in [1.54, 1.807) is 42.5 Å². The fourth-order valence-electron chi connectivity index (χ4n) is 3.07. The van der Waals surface area contributed by atoms with Crippen LogP contribution >= 0.6 is 39.1 Å². The first kappa shape index (κ1) is 27.1. The molecule has 0 radical (unpaired) electrons. The molecule has 0 heterocycles. The number of esters is 1. The summed E-state index contributed by atoms with van der Waals surface area (Å²) < 4.78 is 16.6. The Kier molecular flexibility index (Phi) is 9.37. The molecule has 10 heteroatoms. The minimum atomic E-state index is -0.613. The average Bonchev–Trinajstić information content (AvgIpc) is 2.88. The van der Waals surface area contributed by atoms with Crippen molar-refractivity contribution in [2.75, 3.05) is 19.5 Å². The molecule has 0 spiro atoms. The maximum atomic E-state index is 12.7. The fraction of sp³-hybridized carbons (Fsp3) is 0.115. The van der Waals surface area contributed by atoms with Gasteiger partial charge in [0.15, 0.2) is 11.5 Å². The number of nitriles is 1. The molecular formula is C26H19BrCl2N2O5. The Hall–Kier alpha value is -3.51. The van der Waals surface area contributed by atoms with Crippen LogP contribution in [0.5, 0.6) is 11.5 Å². The van der Waals surface area contributed by atoms with E-state index in [0.717, 1.165) is 5.56 Å². The van der Waals surface area contributed by atoms with Crippen molar-refractivity contribution < 1.29 is 23.8 Å². The van der Waals surface area contributed by atoms with E-state index < -0.39 is 11.9 Å². The van der Waals surface area contributed by atoms with E-state index in [9.17, 15) is 14.9 Å². The lowest BCUT2D eigenvalue weighted by Gasteiger charge is -2.14. The quantitative estimate of drug-likeness (QED) is 0.179. The summed E-state index contributed by atoms with van der Waals surface area (Å²) in [5.41, 5.74) is 1.97. The Balaban J connectivity index is 1.78. The van der Waals surface area contributed by atoms with E-state index in [2.05, 4.69) is 26.0 Å². The van der Waals surface area contributed by atoms with Crippen LogP contribution < -0.4 is 14.8 Å². The van der Waals surface area contributed by atoms with Crippen LogP contribution in [0.1, 0.15) is 21.5 Å². The Bertz CT molecular complexity index is 1370. The van der Waals surface area contributed by atoms with Crippen molar-refractivity contribution in [2.24, 2.45) is 0 Å². The second-order valence-electron chi connectivity index (χ2n) is 7.26. The molecule has 3 aromatic rings. The molecule has 7 nitrogen and oxygen atoms in total. The number of methoxy groups -OCH3 is 2. The fourth-order valence-corrected chi connectivity index (χ4v) is 3.96. The van der Waals surface area contributed by atoms with Crippen molar-refractivity contribution in [3.8, 4) is 17.6 Å². The third-order valence-corrected chi connectivity index (χ3v) is 6.19. The van der Waals surface area contributed by atoms with E-state index in [1.165, 1.54) is 32.4 Å². The SMILES string of the molecule is COC(=O)c1ccc(NC(=O)/C(C#N)=C/c2cc(Br)c(OCc3ccc(Cl)c(Cl)c3)c(OC)c2)cc1. The largest absolute Gasteiger partial charge is 0.493 e. The number of carbonyl (C=O) groups is 2. The number of anilines is 1. The van der Waals surface area contributed by atoms with Gasteiger partial charge in [-0.25, -0.2) is 4.79 Å². The highest BCUT2D eigenvalue weighted by atomic mass is 79.9. The first-order valence-corrected chi connectivity index (χ1v) is 11.9. The Labute approximate surface area is 226 Å². The van der Waals surface area contributed by atoms with Crippen molar-refractivity contribution in [3.05, 3.63) is 91.4 Å². The number of nitrogens with zero attached hydrogens (tertiary/aromatic N) is 1. The van der Waals surface area contributed by atoms with Crippen molar-refractivity contribution >= 4 is 62.8 Å². The lowest BCUT2D eigenvalue weighted by atomic mass is 10.1. The van der Waals surface area contributed by atoms with Crippen LogP contribution in [0.3, 0.4) is 0 Å². The van der Waals surface area contributed by atoms with Crippen LogP contribution in [-0.4, -0.2) is 26.1 Å². The number of carbonyl (C=O) groups excluding carboxylic acids is 2. The molecule has 0 aliphatic carbocycles. The summed E-state index contributed by atoms with van der Waals surface area (Å²) in [6.07, 6.45) is 1.42. The lowest BCUT2D eigenvalue weighted by molar-refractivity contribution is -0.112. The molecule has 3 rings (SSSR count). The summed E-state index contributed by atoms with van der Waals surface area (Å²) >= 11 is 15.5. The summed E-state index contributed by atoms with van der Waals surface area (Å²) in [4.78, 5) is 24.2. The topological polar surface area (TPSA) is 97.7 Å². The molecule has 1 N–H and O–H groups in total. The van der Waals surface area contributed by atoms with Gasteiger partial charge in [0.05, 0.1) is 34.3 Å². The second-order valence-corrected chi connectivity index (χ2v) is 8.93. The number of benzene rings is 3. The van der Waals surface area contributed by atoms with E-state index in [0.29, 0.717) is 42.8 Å². The van der Waals surface area contributed by atoms with Crippen LogP contribution in [0.25, 0.3) is 6.08 Å². The number of halogens is 3. The van der Waals surface area contributed by atoms with Gasteiger partial charge in [0.25, 0.3) is 5.91 Å². The third kappa shape index (κ3) is 6.79. The number of amides is 1. The van der Waals surface area contributed by atoms with Gasteiger partial charge >= 0.3 is 5.97 Å². The Morgan fingerprint density at radius 2 is 1.78 bits per heavy atom. The summed E-state index contributed by atoms with van der Waals surface area (Å²) in [6.45, 7) is 0.210. The molecule has 0 saturated heterocycles. The molecule has 0 saturated carbocycles. The highest BCUT2D eigenvalue weighted by Gasteiger charge is 2.15. The summed E-state index contributed by atoms with van der Waals surface area (Å²) in [7, 11) is 2.76. The monoisotopic (exact) mass is 588 g/mol. The zero-order valence-electron chi connectivity index (χ0n) is 19.1. The van der Waals surface area contributed by atoms with Crippen LogP contribution in [0.15, 0.2) is 64.6 Å². The van der Waals surface area contributed by atoms with Crippen molar-refractivity contribution in [2.45, 2.75) is 6.61 Å². The highest BCUT2D eigenvalue weighted by Crippen LogP contribution is 2.38. The molecule has 0 fully saturated rings. The molecule has 0 atom stereocenters. The van der Waals surface area contributed by atoms with E-state index in [-0.39, 0.29) is 12.2 Å². The zero-order chi connectivity index (χ0) is 26.2. The minimum absolute atomic E-state index is 0.134. The maximum absolute atomic E-state index is 12.7. The molecule has 0 aliphatic rings. The lowest BCUT2D eigenvalue weighted by Crippen LogP contribution is -2.13. The van der Waals surface area contributed by atoms with Gasteiger partial charge in [-0.1, -0.05) is 29.3 Å². The molecule has 1 amide bonds. The van der Waals surface area contributed by atoms with Crippen LogP contribution in [0, 0.1) is 11.3 Å². The predicted molar refractivity (Wildman–Crippen MR) is 141 cm³/mol. The summed E-state index contributed by atoms with van der Waals surface area (Å²) in [6, 6.07) is 16.5. The standard InChI is InChI=1S/C26H19BrCl2N2O5/c1-34-23-12-16(10-20(27)24(23)36-14-15-3-8-21(28)22(29)11-15)9-18(13-30)25(32)31-19-6-4-17(5-7-19)26(33)35-2/h3-12H,14H2,1-2H3,(H,31,32)/b18-9+. The van der Waals surface area contributed by atoms with Crippen molar-refractivity contribution in [3.63, 3.8) is 0 Å². The molecule has 3 aromatic carbocycles. The minimum Gasteiger partial charge on any atom is -0.493 e. The van der Waals surface area contributed by atoms with Gasteiger partial charge in [-0.3, -0.25) is 4.79 Å². The smallest absolute Gasteiger partial charge is 0.337 e. The highest BCUT2D eigenvalue weighted by molar-refractivity contribution is 9.10. The molecule has 0 bridgehead atoms. The number of hydrogen-bond acceptors (Lipinski definition) is 6. The van der Waals surface area contributed by atoms with Gasteiger partial charge in [0.1, 0.15) is 18.2 Å².